The Bertz CT molecular complexity index is 1110. The standard InChI is InChI=1S/C20H20F3N3O3/c1-9-6-25(11-4-5-24(9)7-11)18-15(22)14(21)13-17(16(18)23)26(10-2-3-10)8-12(19(13)27)20(28)29/h8-11H,2-7H2,1H3,(H,28,29). The number of carboxylic acids is 1. The molecule has 1 aromatic carbocycles. The number of piperazine rings is 1. The van der Waals surface area contributed by atoms with Gasteiger partial charge in [-0.05, 0) is 26.2 Å². The van der Waals surface area contributed by atoms with Crippen LogP contribution in [-0.2, 0) is 0 Å². The minimum absolute atomic E-state index is 0.0614. The van der Waals surface area contributed by atoms with Crippen LogP contribution in [0.5, 0.6) is 0 Å². The average Bonchev–Trinajstić information content (AvgIpc) is 3.42. The molecule has 2 aromatic rings. The lowest BCUT2D eigenvalue weighted by Gasteiger charge is -2.40. The topological polar surface area (TPSA) is 65.8 Å². The van der Waals surface area contributed by atoms with E-state index in [0.29, 0.717) is 25.9 Å². The van der Waals surface area contributed by atoms with Gasteiger partial charge >= 0.3 is 5.97 Å². The van der Waals surface area contributed by atoms with E-state index in [9.17, 15) is 14.7 Å². The van der Waals surface area contributed by atoms with Crippen LogP contribution in [0.3, 0.4) is 0 Å². The van der Waals surface area contributed by atoms with Crippen LogP contribution in [0.15, 0.2) is 11.0 Å². The van der Waals surface area contributed by atoms with Gasteiger partial charge in [0.2, 0.25) is 5.43 Å². The van der Waals surface area contributed by atoms with Crippen molar-refractivity contribution in [2.75, 3.05) is 24.5 Å². The molecule has 3 atom stereocenters. The van der Waals surface area contributed by atoms with Crippen LogP contribution in [0.25, 0.3) is 10.9 Å². The van der Waals surface area contributed by atoms with E-state index in [1.165, 1.54) is 4.57 Å². The van der Waals surface area contributed by atoms with Crippen LogP contribution in [0.2, 0.25) is 0 Å². The summed E-state index contributed by atoms with van der Waals surface area (Å²) in [4.78, 5) is 27.8. The number of fused-ring (bicyclic) bond motifs is 3. The molecule has 1 N–H and O–H groups in total. The summed E-state index contributed by atoms with van der Waals surface area (Å²) in [6.07, 6.45) is 3.09. The second-order valence-electron chi connectivity index (χ2n) is 8.27. The summed E-state index contributed by atoms with van der Waals surface area (Å²) in [5, 5.41) is 8.48. The minimum atomic E-state index is -1.55. The fraction of sp³-hybridized carbons (Fsp3) is 0.500. The molecule has 3 aliphatic rings. The van der Waals surface area contributed by atoms with Crippen molar-refractivity contribution in [3.8, 4) is 0 Å². The smallest absolute Gasteiger partial charge is 0.341 e. The fourth-order valence-corrected chi connectivity index (χ4v) is 4.77. The van der Waals surface area contributed by atoms with Crippen molar-refractivity contribution in [2.45, 2.75) is 44.3 Å². The van der Waals surface area contributed by atoms with E-state index in [-0.39, 0.29) is 23.6 Å². The summed E-state index contributed by atoms with van der Waals surface area (Å²) in [6, 6.07) is -0.302. The number of halogens is 3. The Kier molecular flexibility index (Phi) is 3.96. The quantitative estimate of drug-likeness (QED) is 0.793. The van der Waals surface area contributed by atoms with Crippen LogP contribution in [-0.4, -0.2) is 52.3 Å². The number of hydrogen-bond acceptors (Lipinski definition) is 4. The zero-order valence-corrected chi connectivity index (χ0v) is 15.8. The van der Waals surface area contributed by atoms with E-state index in [0.717, 1.165) is 19.2 Å². The molecule has 2 bridgehead atoms. The predicted octanol–water partition coefficient (Wildman–Crippen LogP) is 2.73. The van der Waals surface area contributed by atoms with Crippen molar-refractivity contribution in [2.24, 2.45) is 0 Å². The zero-order valence-electron chi connectivity index (χ0n) is 15.8. The van der Waals surface area contributed by atoms with Gasteiger partial charge < -0.3 is 14.6 Å². The largest absolute Gasteiger partial charge is 0.477 e. The molecule has 3 heterocycles. The normalized spacial score (nSPS) is 26.3. The molecule has 0 radical (unpaired) electrons. The highest BCUT2D eigenvalue weighted by Gasteiger charge is 2.41. The Balaban J connectivity index is 1.82. The first-order valence-corrected chi connectivity index (χ1v) is 9.78. The van der Waals surface area contributed by atoms with E-state index in [4.69, 9.17) is 0 Å². The van der Waals surface area contributed by atoms with Gasteiger partial charge in [-0.15, -0.1) is 0 Å². The summed E-state index contributed by atoms with van der Waals surface area (Å²) in [5.74, 6) is -5.45. The molecule has 3 fully saturated rings. The number of benzene rings is 1. The molecule has 1 aromatic heterocycles. The lowest BCUT2D eigenvalue weighted by molar-refractivity contribution is 0.0694. The Morgan fingerprint density at radius 2 is 1.79 bits per heavy atom. The Labute approximate surface area is 164 Å². The molecule has 2 saturated heterocycles. The number of hydrogen-bond donors (Lipinski definition) is 1. The van der Waals surface area contributed by atoms with Crippen molar-refractivity contribution in [3.05, 3.63) is 39.4 Å². The highest BCUT2D eigenvalue weighted by atomic mass is 19.2. The van der Waals surface area contributed by atoms with Crippen LogP contribution >= 0.6 is 0 Å². The van der Waals surface area contributed by atoms with Gasteiger partial charge in [0.25, 0.3) is 0 Å². The maximum absolute atomic E-state index is 15.7. The molecule has 29 heavy (non-hydrogen) atoms. The van der Waals surface area contributed by atoms with Crippen molar-refractivity contribution in [3.63, 3.8) is 0 Å². The maximum atomic E-state index is 15.7. The van der Waals surface area contributed by atoms with E-state index in [1.54, 1.807) is 4.90 Å². The van der Waals surface area contributed by atoms with E-state index < -0.39 is 45.5 Å². The molecule has 5 rings (SSSR count). The van der Waals surface area contributed by atoms with Gasteiger partial charge in [-0.2, -0.15) is 0 Å². The summed E-state index contributed by atoms with van der Waals surface area (Å²) in [5.41, 5.74) is -2.69. The summed E-state index contributed by atoms with van der Waals surface area (Å²) < 4.78 is 47.3. The molecule has 154 valence electrons. The molecule has 9 heteroatoms. The van der Waals surface area contributed by atoms with Crippen molar-refractivity contribution < 1.29 is 23.1 Å². The number of carbonyl (C=O) groups is 1. The molecule has 1 aliphatic carbocycles. The van der Waals surface area contributed by atoms with Crippen LogP contribution in [0.4, 0.5) is 18.9 Å². The third kappa shape index (κ3) is 2.59. The summed E-state index contributed by atoms with van der Waals surface area (Å²) >= 11 is 0. The third-order valence-electron chi connectivity index (χ3n) is 6.45. The minimum Gasteiger partial charge on any atom is -0.477 e. The Morgan fingerprint density at radius 1 is 1.07 bits per heavy atom. The van der Waals surface area contributed by atoms with Crippen LogP contribution in [0.1, 0.15) is 42.6 Å². The van der Waals surface area contributed by atoms with Crippen LogP contribution < -0.4 is 10.3 Å². The van der Waals surface area contributed by atoms with Gasteiger partial charge in [0.1, 0.15) is 11.3 Å². The molecule has 0 spiro atoms. The number of nitrogens with zero attached hydrogens (tertiary/aromatic N) is 3. The van der Waals surface area contributed by atoms with Gasteiger partial charge in [0, 0.05) is 44.0 Å². The van der Waals surface area contributed by atoms with Gasteiger partial charge in [-0.25, -0.2) is 18.0 Å². The Hall–Kier alpha value is -2.55. The van der Waals surface area contributed by atoms with Crippen molar-refractivity contribution in [1.82, 2.24) is 9.47 Å². The molecular weight excluding hydrogens is 387 g/mol. The van der Waals surface area contributed by atoms with Gasteiger partial charge in [-0.3, -0.25) is 9.69 Å². The van der Waals surface area contributed by atoms with Crippen LogP contribution in [0, 0.1) is 17.5 Å². The van der Waals surface area contributed by atoms with Gasteiger partial charge in [0.05, 0.1) is 10.9 Å². The van der Waals surface area contributed by atoms with E-state index in [1.807, 2.05) is 6.92 Å². The van der Waals surface area contributed by atoms with Crippen molar-refractivity contribution >= 4 is 22.6 Å². The summed E-state index contributed by atoms with van der Waals surface area (Å²) in [7, 11) is 0. The average molecular weight is 407 g/mol. The summed E-state index contributed by atoms with van der Waals surface area (Å²) in [6.45, 7) is 3.77. The molecular formula is C20H20F3N3O3. The highest BCUT2D eigenvalue weighted by molar-refractivity contribution is 5.94. The number of rotatable bonds is 3. The lowest BCUT2D eigenvalue weighted by atomic mass is 10.0. The van der Waals surface area contributed by atoms with Gasteiger partial charge in [-0.1, -0.05) is 0 Å². The molecule has 0 amide bonds. The first-order valence-electron chi connectivity index (χ1n) is 9.78. The first kappa shape index (κ1) is 18.5. The monoisotopic (exact) mass is 407 g/mol. The molecule has 3 unspecified atom stereocenters. The number of pyridine rings is 1. The second-order valence-corrected chi connectivity index (χ2v) is 8.27. The number of aromatic carboxylic acids is 1. The number of carboxylic acid groups (broad SMARTS) is 1. The maximum Gasteiger partial charge on any atom is 0.341 e. The van der Waals surface area contributed by atoms with Gasteiger partial charge in [0.15, 0.2) is 17.5 Å². The van der Waals surface area contributed by atoms with E-state index in [2.05, 4.69) is 4.90 Å². The highest BCUT2D eigenvalue weighted by Crippen LogP contribution is 2.42. The number of aromatic nitrogens is 1. The SMILES string of the molecule is CC1CN(c2c(F)c(F)c3c(=O)c(C(=O)O)cn(C4CC4)c3c2F)C2CCN1C2. The predicted molar refractivity (Wildman–Crippen MR) is 100 cm³/mol. The second kappa shape index (κ2) is 6.22. The molecule has 1 saturated carbocycles. The Morgan fingerprint density at radius 3 is 2.45 bits per heavy atom. The van der Waals surface area contributed by atoms with E-state index >= 15 is 13.2 Å². The zero-order chi connectivity index (χ0) is 20.6. The molecule has 6 nitrogen and oxygen atoms in total. The van der Waals surface area contributed by atoms with Crippen molar-refractivity contribution in [1.29, 1.82) is 0 Å². The molecule has 2 aliphatic heterocycles. The lowest BCUT2D eigenvalue weighted by Crippen LogP contribution is -2.52. The fourth-order valence-electron chi connectivity index (χ4n) is 4.77. The number of anilines is 1. The third-order valence-corrected chi connectivity index (χ3v) is 6.45. The first-order chi connectivity index (χ1) is 13.8.